The Labute approximate surface area is 177 Å². The summed E-state index contributed by atoms with van der Waals surface area (Å²) >= 11 is 0. The molecule has 0 spiro atoms. The molecule has 1 N–H and O–H groups in total. The van der Waals surface area contributed by atoms with E-state index in [1.165, 1.54) is 12.3 Å². The summed E-state index contributed by atoms with van der Waals surface area (Å²) in [5.74, 6) is 0.123. The Morgan fingerprint density at radius 3 is 2.87 bits per heavy atom. The summed E-state index contributed by atoms with van der Waals surface area (Å²) in [5, 5.41) is 7.75. The van der Waals surface area contributed by atoms with Crippen molar-refractivity contribution in [2.45, 2.75) is 38.4 Å². The van der Waals surface area contributed by atoms with Crippen LogP contribution in [0.5, 0.6) is 5.75 Å². The molecule has 1 atom stereocenters. The summed E-state index contributed by atoms with van der Waals surface area (Å²) < 4.78 is 43.0. The molecule has 1 saturated heterocycles. The van der Waals surface area contributed by atoms with E-state index in [1.54, 1.807) is 36.1 Å². The first-order valence-electron chi connectivity index (χ1n) is 9.94. The van der Waals surface area contributed by atoms with Crippen LogP contribution in [-0.4, -0.2) is 46.7 Å². The lowest BCUT2D eigenvalue weighted by Gasteiger charge is -2.27. The average Bonchev–Trinajstić information content (AvgIpc) is 3.21. The van der Waals surface area contributed by atoms with Crippen molar-refractivity contribution in [1.29, 1.82) is 5.41 Å². The van der Waals surface area contributed by atoms with Gasteiger partial charge in [0.2, 0.25) is 0 Å². The highest BCUT2D eigenvalue weighted by Crippen LogP contribution is 2.38. The van der Waals surface area contributed by atoms with E-state index in [-0.39, 0.29) is 23.5 Å². The summed E-state index contributed by atoms with van der Waals surface area (Å²) in [6, 6.07) is 7.90. The number of alkyl halides is 3. The molecular weight excluding hydrogens is 409 g/mol. The molecule has 2 aliphatic heterocycles. The number of ether oxygens (including phenoxy) is 1. The van der Waals surface area contributed by atoms with Gasteiger partial charge in [0, 0.05) is 29.6 Å². The highest BCUT2D eigenvalue weighted by molar-refractivity contribution is 6.11. The number of pyridine rings is 1. The van der Waals surface area contributed by atoms with Crippen LogP contribution in [0.1, 0.15) is 53.0 Å². The minimum Gasteiger partial charge on any atom is -0.484 e. The Kier molecular flexibility index (Phi) is 5.51. The van der Waals surface area contributed by atoms with Gasteiger partial charge in [-0.1, -0.05) is 18.2 Å². The summed E-state index contributed by atoms with van der Waals surface area (Å²) in [7, 11) is 0. The lowest BCUT2D eigenvalue weighted by molar-refractivity contribution is -0.153. The standard InChI is InChI=1S/C22H21F3N4O2/c1-13-16-9-14(11-27-17(16)10-20(26)28-13)21(30)29-8-4-6-18(29)15-5-2-3-7-19(15)31-12-22(23,24)25/h2-3,5,7,9,11,18,26H,4,6,8,10,12H2,1H3. The van der Waals surface area contributed by atoms with Crippen LogP contribution < -0.4 is 4.74 Å². The Hall–Kier alpha value is -3.23. The number of nitrogens with zero attached hydrogens (tertiary/aromatic N) is 3. The Balaban J connectivity index is 1.61. The van der Waals surface area contributed by atoms with Gasteiger partial charge in [0.25, 0.3) is 5.91 Å². The number of halogens is 3. The zero-order chi connectivity index (χ0) is 22.2. The minimum atomic E-state index is -4.44. The molecule has 1 aromatic heterocycles. The van der Waals surface area contributed by atoms with Crippen LogP contribution in [0.25, 0.3) is 0 Å². The second kappa shape index (κ2) is 8.13. The fraction of sp³-hybridized carbons (Fsp3) is 0.364. The van der Waals surface area contributed by atoms with Crippen molar-refractivity contribution in [3.05, 3.63) is 58.9 Å². The zero-order valence-corrected chi connectivity index (χ0v) is 16.9. The van der Waals surface area contributed by atoms with Crippen molar-refractivity contribution in [2.24, 2.45) is 4.99 Å². The molecule has 1 fully saturated rings. The van der Waals surface area contributed by atoms with E-state index in [9.17, 15) is 18.0 Å². The number of para-hydroxylation sites is 1. The van der Waals surface area contributed by atoms with Gasteiger partial charge in [0.05, 0.1) is 23.7 Å². The normalized spacial score (nSPS) is 18.6. The number of rotatable bonds is 4. The molecule has 1 aromatic carbocycles. The van der Waals surface area contributed by atoms with Crippen LogP contribution in [0.15, 0.2) is 41.5 Å². The fourth-order valence-electron chi connectivity index (χ4n) is 4.07. The van der Waals surface area contributed by atoms with Crippen molar-refractivity contribution >= 4 is 17.5 Å². The molecule has 31 heavy (non-hydrogen) atoms. The van der Waals surface area contributed by atoms with Gasteiger partial charge >= 0.3 is 6.18 Å². The summed E-state index contributed by atoms with van der Waals surface area (Å²) in [4.78, 5) is 23.5. The molecule has 162 valence electrons. The second-order valence-electron chi connectivity index (χ2n) is 7.64. The highest BCUT2D eigenvalue weighted by atomic mass is 19.4. The van der Waals surface area contributed by atoms with Crippen LogP contribution in [-0.2, 0) is 6.42 Å². The van der Waals surface area contributed by atoms with Crippen molar-refractivity contribution in [3.63, 3.8) is 0 Å². The number of amidine groups is 1. The van der Waals surface area contributed by atoms with Gasteiger partial charge in [0.1, 0.15) is 11.6 Å². The summed E-state index contributed by atoms with van der Waals surface area (Å²) in [6.45, 7) is 0.883. The zero-order valence-electron chi connectivity index (χ0n) is 16.9. The molecule has 0 bridgehead atoms. The SMILES string of the molecule is CC1=NC(=N)Cc2ncc(C(=O)N3CCCC3c3ccccc3OCC(F)(F)F)cc21. The maximum absolute atomic E-state index is 13.3. The number of aliphatic imine (C=N–C) groups is 1. The predicted molar refractivity (Wildman–Crippen MR) is 109 cm³/mol. The highest BCUT2D eigenvalue weighted by Gasteiger charge is 2.34. The number of carbonyl (C=O) groups excluding carboxylic acids is 1. The third-order valence-corrected chi connectivity index (χ3v) is 5.43. The van der Waals surface area contributed by atoms with E-state index in [1.807, 2.05) is 0 Å². The first kappa shape index (κ1) is 21.0. The van der Waals surface area contributed by atoms with E-state index < -0.39 is 12.8 Å². The number of likely N-dealkylation sites (tertiary alicyclic amines) is 1. The number of aromatic nitrogens is 1. The third-order valence-electron chi connectivity index (χ3n) is 5.43. The largest absolute Gasteiger partial charge is 0.484 e. The van der Waals surface area contributed by atoms with E-state index >= 15 is 0 Å². The molecular formula is C22H21F3N4O2. The molecule has 0 aliphatic carbocycles. The van der Waals surface area contributed by atoms with Crippen molar-refractivity contribution in [2.75, 3.05) is 13.2 Å². The number of nitrogens with one attached hydrogen (secondary N) is 1. The summed E-state index contributed by atoms with van der Waals surface area (Å²) in [6.07, 6.45) is -1.26. The first-order chi connectivity index (χ1) is 14.7. The van der Waals surface area contributed by atoms with Crippen molar-refractivity contribution in [3.8, 4) is 5.75 Å². The van der Waals surface area contributed by atoms with E-state index in [2.05, 4.69) is 9.98 Å². The van der Waals surface area contributed by atoms with E-state index in [4.69, 9.17) is 10.1 Å². The number of amides is 1. The number of carbonyl (C=O) groups is 1. The van der Waals surface area contributed by atoms with Crippen molar-refractivity contribution < 1.29 is 22.7 Å². The molecule has 6 nitrogen and oxygen atoms in total. The molecule has 2 aromatic rings. The van der Waals surface area contributed by atoms with E-state index in [0.29, 0.717) is 41.9 Å². The van der Waals surface area contributed by atoms with Gasteiger partial charge in [-0.2, -0.15) is 13.2 Å². The number of hydrogen-bond donors (Lipinski definition) is 1. The molecule has 2 aliphatic rings. The molecule has 0 radical (unpaired) electrons. The maximum Gasteiger partial charge on any atom is 0.422 e. The van der Waals surface area contributed by atoms with Crippen molar-refractivity contribution in [1.82, 2.24) is 9.88 Å². The van der Waals surface area contributed by atoms with Gasteiger partial charge in [-0.3, -0.25) is 15.2 Å². The lowest BCUT2D eigenvalue weighted by Crippen LogP contribution is -2.31. The van der Waals surface area contributed by atoms with Gasteiger partial charge < -0.3 is 9.64 Å². The molecule has 1 amide bonds. The second-order valence-corrected chi connectivity index (χ2v) is 7.64. The number of fused-ring (bicyclic) bond motifs is 1. The van der Waals surface area contributed by atoms with E-state index in [0.717, 1.165) is 12.0 Å². The Morgan fingerprint density at radius 1 is 1.32 bits per heavy atom. The molecule has 3 heterocycles. The average molecular weight is 430 g/mol. The topological polar surface area (TPSA) is 78.6 Å². The molecule has 9 heteroatoms. The fourth-order valence-corrected chi connectivity index (χ4v) is 4.07. The predicted octanol–water partition coefficient (Wildman–Crippen LogP) is 4.34. The van der Waals surface area contributed by atoms with Gasteiger partial charge in [-0.15, -0.1) is 0 Å². The third kappa shape index (κ3) is 4.45. The molecule has 0 saturated carbocycles. The van der Waals surface area contributed by atoms with Crippen LogP contribution in [0.2, 0.25) is 0 Å². The molecule has 1 unspecified atom stereocenters. The maximum atomic E-state index is 13.3. The molecule has 4 rings (SSSR count). The number of benzene rings is 1. The Bertz CT molecular complexity index is 1060. The first-order valence-corrected chi connectivity index (χ1v) is 9.94. The van der Waals surface area contributed by atoms with Gasteiger partial charge in [-0.25, -0.2) is 4.99 Å². The van der Waals surface area contributed by atoms with Crippen LogP contribution in [0.4, 0.5) is 13.2 Å². The lowest BCUT2D eigenvalue weighted by atomic mass is 10.00. The quantitative estimate of drug-likeness (QED) is 0.784. The number of hydrogen-bond acceptors (Lipinski definition) is 4. The minimum absolute atomic E-state index is 0.134. The van der Waals surface area contributed by atoms with Crippen LogP contribution in [0.3, 0.4) is 0 Å². The Morgan fingerprint density at radius 2 is 2.10 bits per heavy atom. The van der Waals surface area contributed by atoms with Crippen LogP contribution in [0, 0.1) is 5.41 Å². The summed E-state index contributed by atoms with van der Waals surface area (Å²) in [5.41, 5.74) is 3.04. The van der Waals surface area contributed by atoms with Gasteiger partial charge in [-0.05, 0) is 31.9 Å². The van der Waals surface area contributed by atoms with Crippen LogP contribution >= 0.6 is 0 Å². The van der Waals surface area contributed by atoms with Gasteiger partial charge in [0.15, 0.2) is 6.61 Å². The monoisotopic (exact) mass is 430 g/mol. The smallest absolute Gasteiger partial charge is 0.422 e.